The van der Waals surface area contributed by atoms with E-state index >= 15 is 0 Å². The van der Waals surface area contributed by atoms with E-state index in [1.807, 2.05) is 0 Å². The van der Waals surface area contributed by atoms with Crippen LogP contribution in [0.1, 0.15) is 62.5 Å². The van der Waals surface area contributed by atoms with Crippen LogP contribution < -0.4 is 5.73 Å². The number of hydrogen-bond donors (Lipinski definition) is 5. The van der Waals surface area contributed by atoms with Crippen molar-refractivity contribution in [3.63, 3.8) is 0 Å². The highest BCUT2D eigenvalue weighted by atomic mass is 16.5. The van der Waals surface area contributed by atoms with Crippen LogP contribution in [-0.2, 0) is 23.9 Å². The van der Waals surface area contributed by atoms with Gasteiger partial charge in [-0.15, -0.1) is 0 Å². The zero-order chi connectivity index (χ0) is 31.6. The third kappa shape index (κ3) is 3.62. The SMILES string of the molecule is C[C@H]1c2cccc(O)c2C(O)=C2C(=O)[C@]3(O)C(O)=C(C(N)=O)C(=O)[C@@H](N(C)C)[C@@H]3[C@@H](OC(=O)C34CC5CC(CC(C5)C3)C4)[C@@H]21. The third-order valence-corrected chi connectivity index (χ3v) is 11.7. The predicted molar refractivity (Wildman–Crippen MR) is 155 cm³/mol. The molecule has 0 unspecified atom stereocenters. The number of fused-ring (bicyclic) bond motifs is 3. The number of nitrogens with zero attached hydrogens (tertiary/aromatic N) is 1. The summed E-state index contributed by atoms with van der Waals surface area (Å²) in [5, 5.41) is 46.0. The number of carbonyl (C=O) groups excluding carboxylic acids is 4. The molecule has 0 heterocycles. The number of ketones is 2. The Kier molecular flexibility index (Phi) is 6.21. The minimum Gasteiger partial charge on any atom is -0.508 e. The number of likely N-dealkylation sites (N-methyl/N-ethyl adjacent to an activating group) is 1. The molecule has 11 nitrogen and oxygen atoms in total. The number of carbonyl (C=O) groups is 4. The van der Waals surface area contributed by atoms with Gasteiger partial charge in [0, 0.05) is 11.5 Å². The lowest BCUT2D eigenvalue weighted by Gasteiger charge is -2.57. The van der Waals surface area contributed by atoms with Crippen LogP contribution in [0, 0.1) is 35.0 Å². The number of aliphatic hydroxyl groups is 3. The summed E-state index contributed by atoms with van der Waals surface area (Å²) < 4.78 is 6.48. The second-order valence-corrected chi connectivity index (χ2v) is 14.4. The van der Waals surface area contributed by atoms with Gasteiger partial charge in [0.1, 0.15) is 28.9 Å². The molecule has 44 heavy (non-hydrogen) atoms. The van der Waals surface area contributed by atoms with Crippen LogP contribution in [0.15, 0.2) is 35.1 Å². The van der Waals surface area contributed by atoms with Gasteiger partial charge in [-0.25, -0.2) is 0 Å². The number of benzene rings is 1. The lowest BCUT2D eigenvalue weighted by atomic mass is 9.49. The van der Waals surface area contributed by atoms with Crippen LogP contribution >= 0.6 is 0 Å². The van der Waals surface area contributed by atoms with Crippen molar-refractivity contribution in [1.29, 1.82) is 0 Å². The molecule has 6 atom stereocenters. The first kappa shape index (κ1) is 29.0. The number of Topliss-reactive ketones (excluding diaryl/α,β-unsaturated/α-hetero) is 2. The molecule has 0 aliphatic heterocycles. The molecule has 11 heteroatoms. The van der Waals surface area contributed by atoms with E-state index in [1.54, 1.807) is 19.1 Å². The van der Waals surface area contributed by atoms with Crippen LogP contribution in [-0.4, -0.2) is 80.6 Å². The van der Waals surface area contributed by atoms with Gasteiger partial charge in [-0.2, -0.15) is 0 Å². The first-order chi connectivity index (χ1) is 20.7. The number of hydrogen-bond acceptors (Lipinski definition) is 10. The summed E-state index contributed by atoms with van der Waals surface area (Å²) in [6.07, 6.45) is 3.90. The molecule has 0 saturated heterocycles. The van der Waals surface area contributed by atoms with Gasteiger partial charge in [-0.3, -0.25) is 24.1 Å². The Bertz CT molecular complexity index is 1560. The first-order valence-corrected chi connectivity index (χ1v) is 15.4. The fraction of sp³-hybridized carbons (Fsp3) is 0.576. The van der Waals surface area contributed by atoms with Crippen LogP contribution in [0.4, 0.5) is 0 Å². The molecule has 1 aromatic rings. The van der Waals surface area contributed by atoms with Crippen molar-refractivity contribution in [2.45, 2.75) is 69.1 Å². The molecule has 4 bridgehead atoms. The number of ether oxygens (including phenoxy) is 1. The summed E-state index contributed by atoms with van der Waals surface area (Å²) in [5.74, 6) is -7.99. The van der Waals surface area contributed by atoms with E-state index in [4.69, 9.17) is 10.5 Å². The lowest BCUT2D eigenvalue weighted by Crippen LogP contribution is -2.71. The van der Waals surface area contributed by atoms with Gasteiger partial charge in [-0.05, 0) is 87.9 Å². The van der Waals surface area contributed by atoms with Gasteiger partial charge in [0.2, 0.25) is 5.78 Å². The molecule has 5 saturated carbocycles. The molecule has 234 valence electrons. The number of aromatic hydroxyl groups is 1. The second kappa shape index (κ2) is 9.40. The quantitative estimate of drug-likeness (QED) is 0.251. The number of amides is 1. The van der Waals surface area contributed by atoms with Gasteiger partial charge >= 0.3 is 5.97 Å². The highest BCUT2D eigenvalue weighted by Crippen LogP contribution is 2.62. The summed E-state index contributed by atoms with van der Waals surface area (Å²) in [6, 6.07) is 3.24. The van der Waals surface area contributed by atoms with Crippen molar-refractivity contribution in [1.82, 2.24) is 4.90 Å². The van der Waals surface area contributed by atoms with Crippen molar-refractivity contribution in [2.75, 3.05) is 14.1 Å². The number of aliphatic hydroxyl groups excluding tert-OH is 2. The van der Waals surface area contributed by atoms with Crippen molar-refractivity contribution in [2.24, 2.45) is 40.7 Å². The summed E-state index contributed by atoms with van der Waals surface area (Å²) in [5.41, 5.74) is 1.01. The maximum Gasteiger partial charge on any atom is 0.312 e. The standard InChI is InChI=1S/C33H38N2O9/c1-13-17-5-4-6-18(36)20(17)25(37)21-19(13)27(44-31(42)32-10-14-7-15(11-32)9-16(8-14)12-32)23-24(35(2)3)26(38)22(30(34)41)29(40)33(23,43)28(21)39/h4-6,13-16,19,23-24,27,36-37,40,43H,7-12H2,1-3H3,(H2,34,41)/t13-,14?,15?,16?,19+,23+,24-,27-,32?,33-/m0/s1. The summed E-state index contributed by atoms with van der Waals surface area (Å²) in [6.45, 7) is 1.76. The monoisotopic (exact) mass is 606 g/mol. The number of phenolic OH excluding ortho intramolecular Hbond substituents is 1. The zero-order valence-corrected chi connectivity index (χ0v) is 24.9. The van der Waals surface area contributed by atoms with Gasteiger partial charge < -0.3 is 30.9 Å². The molecule has 0 radical (unpaired) electrons. The van der Waals surface area contributed by atoms with Crippen molar-refractivity contribution >= 4 is 29.2 Å². The highest BCUT2D eigenvalue weighted by Gasteiger charge is 2.70. The molecule has 5 fully saturated rings. The average molecular weight is 607 g/mol. The van der Waals surface area contributed by atoms with Gasteiger partial charge in [0.05, 0.1) is 22.9 Å². The molecular formula is C33H38N2O9. The Morgan fingerprint density at radius 3 is 2.14 bits per heavy atom. The number of nitrogens with two attached hydrogens (primary N) is 1. The average Bonchev–Trinajstić information content (AvgIpc) is 2.93. The zero-order valence-electron chi connectivity index (χ0n) is 24.9. The van der Waals surface area contributed by atoms with Gasteiger partial charge in [0.25, 0.3) is 5.91 Å². The number of primary amides is 1. The smallest absolute Gasteiger partial charge is 0.312 e. The summed E-state index contributed by atoms with van der Waals surface area (Å²) in [4.78, 5) is 56.6. The molecule has 7 aliphatic carbocycles. The van der Waals surface area contributed by atoms with E-state index in [1.165, 1.54) is 25.1 Å². The predicted octanol–water partition coefficient (Wildman–Crippen LogP) is 2.26. The number of rotatable bonds is 4. The molecular weight excluding hydrogens is 568 g/mol. The topological polar surface area (TPSA) is 188 Å². The molecule has 0 spiro atoms. The molecule has 1 amide bonds. The third-order valence-electron chi connectivity index (χ3n) is 11.7. The van der Waals surface area contributed by atoms with E-state index in [9.17, 15) is 39.6 Å². The largest absolute Gasteiger partial charge is 0.508 e. The normalized spacial score (nSPS) is 40.6. The maximum absolute atomic E-state index is 14.4. The first-order valence-electron chi connectivity index (χ1n) is 15.4. The van der Waals surface area contributed by atoms with Gasteiger partial charge in [-0.1, -0.05) is 19.1 Å². The van der Waals surface area contributed by atoms with E-state index in [0.717, 1.165) is 19.3 Å². The number of phenols is 1. The summed E-state index contributed by atoms with van der Waals surface area (Å²) in [7, 11) is 3.04. The Morgan fingerprint density at radius 1 is 1.00 bits per heavy atom. The second-order valence-electron chi connectivity index (χ2n) is 14.4. The van der Waals surface area contributed by atoms with Crippen LogP contribution in [0.2, 0.25) is 0 Å². The van der Waals surface area contributed by atoms with E-state index in [0.29, 0.717) is 42.6 Å². The molecule has 7 aliphatic rings. The molecule has 8 rings (SSSR count). The minimum atomic E-state index is -2.94. The van der Waals surface area contributed by atoms with E-state index in [2.05, 4.69) is 0 Å². The Balaban J connectivity index is 1.45. The minimum absolute atomic E-state index is 0.0116. The highest BCUT2D eigenvalue weighted by molar-refractivity contribution is 6.24. The van der Waals surface area contributed by atoms with Crippen molar-refractivity contribution in [3.05, 3.63) is 46.2 Å². The van der Waals surface area contributed by atoms with E-state index in [-0.39, 0.29) is 16.9 Å². The Hall–Kier alpha value is -3.70. The molecule has 1 aromatic carbocycles. The van der Waals surface area contributed by atoms with E-state index < -0.39 is 81.4 Å². The number of esters is 1. The van der Waals surface area contributed by atoms with Crippen LogP contribution in [0.3, 0.4) is 0 Å². The van der Waals surface area contributed by atoms with Crippen LogP contribution in [0.25, 0.3) is 5.76 Å². The van der Waals surface area contributed by atoms with Crippen molar-refractivity contribution in [3.8, 4) is 5.75 Å². The fourth-order valence-electron chi connectivity index (χ4n) is 10.3. The van der Waals surface area contributed by atoms with Gasteiger partial charge in [0.15, 0.2) is 11.4 Å². The van der Waals surface area contributed by atoms with Crippen LogP contribution in [0.5, 0.6) is 5.75 Å². The molecule has 0 aromatic heterocycles. The molecule has 6 N–H and O–H groups in total. The maximum atomic E-state index is 14.4. The Morgan fingerprint density at radius 2 is 1.59 bits per heavy atom. The summed E-state index contributed by atoms with van der Waals surface area (Å²) >= 11 is 0. The Labute approximate surface area is 254 Å². The fourth-order valence-corrected chi connectivity index (χ4v) is 10.3. The lowest BCUT2D eigenvalue weighted by molar-refractivity contribution is -0.200. The van der Waals surface area contributed by atoms with Crippen molar-refractivity contribution < 1.29 is 44.3 Å².